The summed E-state index contributed by atoms with van der Waals surface area (Å²) >= 11 is 5.31. The Bertz CT molecular complexity index is 407. The van der Waals surface area contributed by atoms with E-state index in [4.69, 9.17) is 4.74 Å². The zero-order valence-corrected chi connectivity index (χ0v) is 12.9. The lowest BCUT2D eigenvalue weighted by Gasteiger charge is -2.31. The number of hydrogen-bond donors (Lipinski definition) is 0. The van der Waals surface area contributed by atoms with Crippen molar-refractivity contribution in [2.24, 2.45) is 5.92 Å². The summed E-state index contributed by atoms with van der Waals surface area (Å²) in [5, 5.41) is 2.09. The molecule has 2 rings (SSSR count). The molecule has 0 bridgehead atoms. The molecule has 0 aromatic carbocycles. The van der Waals surface area contributed by atoms with Crippen LogP contribution in [-0.4, -0.2) is 30.6 Å². The molecule has 5 heteroatoms. The molecule has 1 saturated heterocycles. The second-order valence-electron chi connectivity index (χ2n) is 4.52. The third kappa shape index (κ3) is 3.56. The quantitative estimate of drug-likeness (QED) is 0.793. The molecule has 0 N–H and O–H groups in total. The lowest BCUT2D eigenvalue weighted by Crippen LogP contribution is -2.38. The van der Waals surface area contributed by atoms with E-state index in [9.17, 15) is 4.79 Å². The van der Waals surface area contributed by atoms with E-state index in [1.54, 1.807) is 11.3 Å². The molecule has 1 aliphatic rings. The number of esters is 1. The Morgan fingerprint density at radius 3 is 3.17 bits per heavy atom. The minimum Gasteiger partial charge on any atom is -0.466 e. The van der Waals surface area contributed by atoms with Gasteiger partial charge >= 0.3 is 5.97 Å². The summed E-state index contributed by atoms with van der Waals surface area (Å²) in [6.45, 7) is 5.16. The summed E-state index contributed by atoms with van der Waals surface area (Å²) in [7, 11) is 0. The average molecular weight is 332 g/mol. The standard InChI is InChI=1S/C13H18BrNO2S/c1-2-17-13(16)10-4-3-6-15(8-10)9-12-11(14)5-7-18-12/h5,7,10H,2-4,6,8-9H2,1H3/t10-/m0/s1. The van der Waals surface area contributed by atoms with Crippen LogP contribution in [0.4, 0.5) is 0 Å². The highest BCUT2D eigenvalue weighted by atomic mass is 79.9. The van der Waals surface area contributed by atoms with Crippen LogP contribution < -0.4 is 0 Å². The van der Waals surface area contributed by atoms with E-state index >= 15 is 0 Å². The van der Waals surface area contributed by atoms with E-state index in [1.165, 1.54) is 9.35 Å². The Morgan fingerprint density at radius 2 is 2.50 bits per heavy atom. The van der Waals surface area contributed by atoms with E-state index in [0.29, 0.717) is 6.61 Å². The minimum atomic E-state index is -0.0348. The fraction of sp³-hybridized carbons (Fsp3) is 0.615. The fourth-order valence-corrected chi connectivity index (χ4v) is 3.81. The first-order valence-corrected chi connectivity index (χ1v) is 7.98. The Morgan fingerprint density at radius 1 is 1.67 bits per heavy atom. The maximum absolute atomic E-state index is 11.8. The van der Waals surface area contributed by atoms with Crippen LogP contribution in [0.1, 0.15) is 24.6 Å². The third-order valence-corrected chi connectivity index (χ3v) is 5.09. The van der Waals surface area contributed by atoms with Gasteiger partial charge in [0.05, 0.1) is 12.5 Å². The van der Waals surface area contributed by atoms with Gasteiger partial charge in [0.1, 0.15) is 0 Å². The van der Waals surface area contributed by atoms with Crippen molar-refractivity contribution in [1.82, 2.24) is 4.90 Å². The van der Waals surface area contributed by atoms with Crippen LogP contribution >= 0.6 is 27.3 Å². The maximum atomic E-state index is 11.8. The number of carbonyl (C=O) groups is 1. The molecule has 2 heterocycles. The van der Waals surface area contributed by atoms with E-state index in [-0.39, 0.29) is 11.9 Å². The Balaban J connectivity index is 1.91. The van der Waals surface area contributed by atoms with Gasteiger partial charge in [0, 0.05) is 22.4 Å². The summed E-state index contributed by atoms with van der Waals surface area (Å²) in [6.07, 6.45) is 2.04. The zero-order valence-electron chi connectivity index (χ0n) is 10.5. The predicted molar refractivity (Wildman–Crippen MR) is 76.7 cm³/mol. The van der Waals surface area contributed by atoms with E-state index in [0.717, 1.165) is 32.5 Å². The molecule has 0 unspecified atom stereocenters. The van der Waals surface area contributed by atoms with Crippen molar-refractivity contribution in [1.29, 1.82) is 0 Å². The van der Waals surface area contributed by atoms with Crippen molar-refractivity contribution >= 4 is 33.2 Å². The molecule has 0 spiro atoms. The molecule has 1 aliphatic heterocycles. The molecule has 0 radical (unpaired) electrons. The summed E-state index contributed by atoms with van der Waals surface area (Å²) in [5.41, 5.74) is 0. The Labute approximate surface area is 120 Å². The van der Waals surface area contributed by atoms with Gasteiger partial charge in [-0.2, -0.15) is 0 Å². The Hall–Kier alpha value is -0.390. The highest BCUT2D eigenvalue weighted by Crippen LogP contribution is 2.26. The SMILES string of the molecule is CCOC(=O)[C@H]1CCCN(Cc2sccc2Br)C1. The second-order valence-corrected chi connectivity index (χ2v) is 6.37. The molecule has 0 amide bonds. The molecule has 1 fully saturated rings. The van der Waals surface area contributed by atoms with Gasteiger partial charge in [0.15, 0.2) is 0 Å². The number of likely N-dealkylation sites (tertiary alicyclic amines) is 1. The summed E-state index contributed by atoms with van der Waals surface area (Å²) in [6, 6.07) is 2.08. The topological polar surface area (TPSA) is 29.5 Å². The van der Waals surface area contributed by atoms with Crippen LogP contribution in [0, 0.1) is 5.92 Å². The predicted octanol–water partition coefficient (Wildman–Crippen LogP) is 3.29. The monoisotopic (exact) mass is 331 g/mol. The molecule has 100 valence electrons. The lowest BCUT2D eigenvalue weighted by molar-refractivity contribution is -0.150. The first kappa shape index (κ1) is 14.0. The van der Waals surface area contributed by atoms with E-state index < -0.39 is 0 Å². The zero-order chi connectivity index (χ0) is 13.0. The van der Waals surface area contributed by atoms with Crippen molar-refractivity contribution in [2.45, 2.75) is 26.3 Å². The van der Waals surface area contributed by atoms with Gasteiger partial charge in [-0.15, -0.1) is 11.3 Å². The molecule has 3 nitrogen and oxygen atoms in total. The number of hydrogen-bond acceptors (Lipinski definition) is 4. The highest BCUT2D eigenvalue weighted by molar-refractivity contribution is 9.10. The van der Waals surface area contributed by atoms with Crippen molar-refractivity contribution < 1.29 is 9.53 Å². The van der Waals surface area contributed by atoms with Gasteiger partial charge in [-0.25, -0.2) is 0 Å². The number of ether oxygens (including phenoxy) is 1. The maximum Gasteiger partial charge on any atom is 0.310 e. The summed E-state index contributed by atoms with van der Waals surface area (Å²) in [5.74, 6) is 0.0184. The molecule has 18 heavy (non-hydrogen) atoms. The van der Waals surface area contributed by atoms with Crippen molar-refractivity contribution in [3.63, 3.8) is 0 Å². The summed E-state index contributed by atoms with van der Waals surface area (Å²) < 4.78 is 6.29. The largest absolute Gasteiger partial charge is 0.466 e. The van der Waals surface area contributed by atoms with Crippen molar-refractivity contribution in [3.8, 4) is 0 Å². The normalized spacial score (nSPS) is 20.9. The van der Waals surface area contributed by atoms with Crippen LogP contribution in [0.2, 0.25) is 0 Å². The van der Waals surface area contributed by atoms with E-state index in [2.05, 4.69) is 32.3 Å². The Kier molecular flexibility index (Phi) is 5.21. The third-order valence-electron chi connectivity index (χ3n) is 3.18. The number of thiophene rings is 1. The fourth-order valence-electron chi connectivity index (χ4n) is 2.29. The van der Waals surface area contributed by atoms with Crippen molar-refractivity contribution in [2.75, 3.05) is 19.7 Å². The first-order valence-electron chi connectivity index (χ1n) is 6.31. The molecule has 1 atom stereocenters. The number of halogens is 1. The van der Waals surface area contributed by atoms with Crippen LogP contribution in [0.25, 0.3) is 0 Å². The minimum absolute atomic E-state index is 0.0348. The highest BCUT2D eigenvalue weighted by Gasteiger charge is 2.27. The summed E-state index contributed by atoms with van der Waals surface area (Å²) in [4.78, 5) is 15.4. The van der Waals surface area contributed by atoms with Gasteiger partial charge in [0.2, 0.25) is 0 Å². The van der Waals surface area contributed by atoms with Crippen LogP contribution in [0.5, 0.6) is 0 Å². The average Bonchev–Trinajstić information content (AvgIpc) is 2.76. The molecule has 1 aromatic heterocycles. The van der Waals surface area contributed by atoms with Gasteiger partial charge in [0.25, 0.3) is 0 Å². The van der Waals surface area contributed by atoms with Gasteiger partial charge in [-0.05, 0) is 53.7 Å². The van der Waals surface area contributed by atoms with Gasteiger partial charge in [-0.1, -0.05) is 0 Å². The smallest absolute Gasteiger partial charge is 0.310 e. The number of piperidine rings is 1. The molecule has 1 aromatic rings. The van der Waals surface area contributed by atoms with Crippen LogP contribution in [0.3, 0.4) is 0 Å². The van der Waals surface area contributed by atoms with Crippen LogP contribution in [0.15, 0.2) is 15.9 Å². The molecule has 0 aliphatic carbocycles. The van der Waals surface area contributed by atoms with Crippen molar-refractivity contribution in [3.05, 3.63) is 20.8 Å². The van der Waals surface area contributed by atoms with Gasteiger partial charge < -0.3 is 4.74 Å². The second kappa shape index (κ2) is 6.68. The van der Waals surface area contributed by atoms with Gasteiger partial charge in [-0.3, -0.25) is 9.69 Å². The number of nitrogens with zero attached hydrogens (tertiary/aromatic N) is 1. The van der Waals surface area contributed by atoms with Crippen LogP contribution in [-0.2, 0) is 16.1 Å². The number of rotatable bonds is 4. The number of carbonyl (C=O) groups excluding carboxylic acids is 1. The lowest BCUT2D eigenvalue weighted by atomic mass is 9.98. The van der Waals surface area contributed by atoms with E-state index in [1.807, 2.05) is 6.92 Å². The molecule has 0 saturated carbocycles. The first-order chi connectivity index (χ1) is 8.70. The molecular weight excluding hydrogens is 314 g/mol. The molecular formula is C13H18BrNO2S.